The van der Waals surface area contributed by atoms with Gasteiger partial charge in [-0.15, -0.1) is 0 Å². The number of ether oxygens (including phenoxy) is 3. The van der Waals surface area contributed by atoms with Crippen LogP contribution in [0.15, 0.2) is 37.0 Å². The molecule has 0 heterocycles. The van der Waals surface area contributed by atoms with Gasteiger partial charge in [0.15, 0.2) is 0 Å². The van der Waals surface area contributed by atoms with Gasteiger partial charge in [-0.3, -0.25) is 0 Å². The van der Waals surface area contributed by atoms with E-state index in [1.807, 2.05) is 6.55 Å². The molecule has 0 radical (unpaired) electrons. The highest BCUT2D eigenvalue weighted by atomic mass is 28.4. The zero-order chi connectivity index (χ0) is 34.8. The average Bonchev–Trinajstić information content (AvgIpc) is 3.01. The van der Waals surface area contributed by atoms with Crippen LogP contribution in [0, 0.1) is 0 Å². The van der Waals surface area contributed by atoms with Gasteiger partial charge in [0, 0.05) is 37.7 Å². The standard InChI is InChI=1S/C10H20O5Si.C10H20O4Si.C9H18O3Si/c1-9(2)10(13)15-5-4-6-16(7-11,8-12)14-3;1-9(2)10(12)14-6-5-7-15(4,8-11)13-3;1-4-9(11)12-6-5-7-13(2,3)8-10/h11-12H,1,4-8H2,2-3H3;11H,1,5-8H2,2-4H3;4,10H,1,5-8H2,2-3H3. The van der Waals surface area contributed by atoms with E-state index in [1.54, 1.807) is 21.0 Å². The minimum absolute atomic E-state index is 0.0952. The highest BCUT2D eigenvalue weighted by molar-refractivity contribution is 6.77. The van der Waals surface area contributed by atoms with Gasteiger partial charge in [0.2, 0.25) is 16.6 Å². The number of hydrogen-bond acceptors (Lipinski definition) is 12. The summed E-state index contributed by atoms with van der Waals surface area (Å²) in [6.45, 7) is 20.7. The van der Waals surface area contributed by atoms with Crippen LogP contribution in [-0.2, 0) is 37.4 Å². The molecule has 0 fully saturated rings. The summed E-state index contributed by atoms with van der Waals surface area (Å²) in [7, 11) is -2.70. The van der Waals surface area contributed by atoms with Crippen LogP contribution in [-0.4, -0.2) is 122 Å². The summed E-state index contributed by atoms with van der Waals surface area (Å²) < 4.78 is 25.1. The predicted octanol–water partition coefficient (Wildman–Crippen LogP) is 2.75. The third-order valence-corrected chi connectivity index (χ3v) is 15.4. The van der Waals surface area contributed by atoms with Crippen molar-refractivity contribution in [2.45, 2.75) is 70.9 Å². The Morgan fingerprint density at radius 1 is 0.659 bits per heavy atom. The van der Waals surface area contributed by atoms with E-state index in [2.05, 4.69) is 32.8 Å². The Morgan fingerprint density at radius 3 is 1.43 bits per heavy atom. The fourth-order valence-electron chi connectivity index (χ4n) is 2.96. The molecule has 0 saturated carbocycles. The highest BCUT2D eigenvalue weighted by Gasteiger charge is 2.32. The van der Waals surface area contributed by atoms with E-state index in [9.17, 15) is 14.4 Å². The smallest absolute Gasteiger partial charge is 0.333 e. The van der Waals surface area contributed by atoms with Gasteiger partial charge in [-0.25, -0.2) is 14.4 Å². The number of carbonyl (C=O) groups excluding carboxylic acids is 3. The second-order valence-electron chi connectivity index (χ2n) is 11.4. The first-order chi connectivity index (χ1) is 20.5. The Morgan fingerprint density at radius 2 is 1.09 bits per heavy atom. The van der Waals surface area contributed by atoms with Gasteiger partial charge in [0.1, 0.15) is 0 Å². The number of esters is 3. The van der Waals surface area contributed by atoms with E-state index in [0.29, 0.717) is 43.1 Å². The fourth-order valence-corrected chi connectivity index (χ4v) is 7.27. The topological polar surface area (TPSA) is 178 Å². The highest BCUT2D eigenvalue weighted by Crippen LogP contribution is 2.13. The van der Waals surface area contributed by atoms with Gasteiger partial charge in [0.25, 0.3) is 0 Å². The molecule has 0 rings (SSSR count). The van der Waals surface area contributed by atoms with Crippen LogP contribution in [0.1, 0.15) is 33.1 Å². The largest absolute Gasteiger partial charge is 0.463 e. The van der Waals surface area contributed by atoms with E-state index in [0.717, 1.165) is 31.0 Å². The van der Waals surface area contributed by atoms with Crippen LogP contribution in [0.2, 0.25) is 37.8 Å². The second kappa shape index (κ2) is 26.3. The second-order valence-corrected chi connectivity index (χ2v) is 24.5. The molecule has 0 aromatic carbocycles. The zero-order valence-electron chi connectivity index (χ0n) is 27.9. The number of aliphatic hydroxyl groups excluding tert-OH is 4. The van der Waals surface area contributed by atoms with Crippen LogP contribution in [0.25, 0.3) is 0 Å². The first-order valence-electron chi connectivity index (χ1n) is 14.5. The number of aliphatic hydroxyl groups is 4. The molecule has 1 atom stereocenters. The van der Waals surface area contributed by atoms with Crippen molar-refractivity contribution < 1.29 is 57.9 Å². The van der Waals surface area contributed by atoms with Crippen molar-refractivity contribution in [3.63, 3.8) is 0 Å². The van der Waals surface area contributed by atoms with Gasteiger partial charge in [-0.05, 0) is 51.7 Å². The Hall–Kier alpha value is -1.96. The number of carbonyl (C=O) groups is 3. The molecule has 1 unspecified atom stereocenters. The summed E-state index contributed by atoms with van der Waals surface area (Å²) in [4.78, 5) is 32.7. The van der Waals surface area contributed by atoms with Gasteiger partial charge in [0.05, 0.1) is 46.6 Å². The van der Waals surface area contributed by atoms with Crippen molar-refractivity contribution in [2.24, 2.45) is 0 Å². The molecule has 0 bridgehead atoms. The van der Waals surface area contributed by atoms with Crippen molar-refractivity contribution in [1.82, 2.24) is 0 Å². The molecule has 0 aliphatic rings. The lowest BCUT2D eigenvalue weighted by Crippen LogP contribution is -2.46. The zero-order valence-corrected chi connectivity index (χ0v) is 30.9. The first kappa shape index (κ1) is 46.5. The predicted molar refractivity (Wildman–Crippen MR) is 178 cm³/mol. The normalized spacial score (nSPS) is 12.2. The maximum absolute atomic E-state index is 11.0. The quantitative estimate of drug-likeness (QED) is 0.0458. The summed E-state index contributed by atoms with van der Waals surface area (Å²) in [5.74, 6) is -1.15. The number of rotatable bonds is 21. The molecule has 15 heteroatoms. The number of hydrogen-bond donors (Lipinski definition) is 4. The van der Waals surface area contributed by atoms with Gasteiger partial charge in [-0.2, -0.15) is 0 Å². The Balaban J connectivity index is -0.000000576. The fraction of sp³-hybridized carbons (Fsp3) is 0.690. The molecule has 0 aromatic heterocycles. The summed E-state index contributed by atoms with van der Waals surface area (Å²) >= 11 is 0. The lowest BCUT2D eigenvalue weighted by atomic mass is 10.4. The van der Waals surface area contributed by atoms with Crippen molar-refractivity contribution in [1.29, 1.82) is 0 Å². The van der Waals surface area contributed by atoms with Crippen LogP contribution < -0.4 is 0 Å². The molecule has 12 nitrogen and oxygen atoms in total. The molecule has 258 valence electrons. The minimum Gasteiger partial charge on any atom is -0.463 e. The molecule has 0 aromatic rings. The molecular weight excluding hydrogens is 625 g/mol. The van der Waals surface area contributed by atoms with Crippen LogP contribution in [0.5, 0.6) is 0 Å². The molecule has 0 saturated heterocycles. The van der Waals surface area contributed by atoms with Gasteiger partial charge >= 0.3 is 17.9 Å². The lowest BCUT2D eigenvalue weighted by Gasteiger charge is -2.24. The third kappa shape index (κ3) is 24.4. The minimum atomic E-state index is -2.42. The van der Waals surface area contributed by atoms with Crippen molar-refractivity contribution in [3.05, 3.63) is 37.0 Å². The molecule has 0 aliphatic heterocycles. The van der Waals surface area contributed by atoms with Gasteiger partial charge in [-0.1, -0.05) is 38.9 Å². The molecule has 0 spiro atoms. The average molecular weight is 683 g/mol. The van der Waals surface area contributed by atoms with E-state index in [1.165, 1.54) is 7.11 Å². The van der Waals surface area contributed by atoms with Crippen LogP contribution >= 0.6 is 0 Å². The summed E-state index contributed by atoms with van der Waals surface area (Å²) in [6, 6.07) is 2.32. The maximum atomic E-state index is 11.0. The van der Waals surface area contributed by atoms with Crippen molar-refractivity contribution >= 4 is 42.6 Å². The van der Waals surface area contributed by atoms with Crippen LogP contribution in [0.3, 0.4) is 0 Å². The van der Waals surface area contributed by atoms with Crippen molar-refractivity contribution in [2.75, 3.05) is 59.0 Å². The summed E-state index contributed by atoms with van der Waals surface area (Å²) in [5.41, 5.74) is 0.767. The molecule has 4 N–H and O–H groups in total. The van der Waals surface area contributed by atoms with Crippen molar-refractivity contribution in [3.8, 4) is 0 Å². The van der Waals surface area contributed by atoms with E-state index >= 15 is 0 Å². The van der Waals surface area contributed by atoms with E-state index in [4.69, 9.17) is 43.5 Å². The molecule has 0 aliphatic carbocycles. The third-order valence-electron chi connectivity index (χ3n) is 6.46. The summed E-state index contributed by atoms with van der Waals surface area (Å²) in [6.07, 6.45) is 3.41. The molecule has 44 heavy (non-hydrogen) atoms. The van der Waals surface area contributed by atoms with Gasteiger partial charge < -0.3 is 43.5 Å². The van der Waals surface area contributed by atoms with Crippen LogP contribution in [0.4, 0.5) is 0 Å². The summed E-state index contributed by atoms with van der Waals surface area (Å²) in [5, 5.41) is 36.3. The maximum Gasteiger partial charge on any atom is 0.333 e. The molecular formula is C29H58O12Si3. The van der Waals surface area contributed by atoms with E-state index < -0.39 is 30.7 Å². The lowest BCUT2D eigenvalue weighted by molar-refractivity contribution is -0.139. The first-order valence-corrected chi connectivity index (χ1v) is 23.2. The SMILES string of the molecule is C=C(C)C(=O)OCCC[Si](C)(CO)OC.C=C(C)C(=O)OCCC[Si](CO)(CO)OC.C=CC(=O)OCCC[Si](C)(C)CO. The Labute approximate surface area is 267 Å². The Kier molecular flexibility index (Phi) is 27.7. The monoisotopic (exact) mass is 682 g/mol. The molecule has 0 amide bonds. The Bertz CT molecular complexity index is 848. The van der Waals surface area contributed by atoms with E-state index in [-0.39, 0.29) is 37.2 Å².